The molecule has 0 radical (unpaired) electrons. The Kier molecular flexibility index (Phi) is 6.16. The smallest absolute Gasteiger partial charge is 0.0640 e. The Morgan fingerprint density at radius 3 is 2.85 bits per heavy atom. The third-order valence-electron chi connectivity index (χ3n) is 4.15. The summed E-state index contributed by atoms with van der Waals surface area (Å²) in [6.07, 6.45) is 3.66. The van der Waals surface area contributed by atoms with Crippen LogP contribution in [0.2, 0.25) is 10.0 Å². The molecule has 1 fully saturated rings. The van der Waals surface area contributed by atoms with Gasteiger partial charge in [-0.2, -0.15) is 0 Å². The van der Waals surface area contributed by atoms with Crippen molar-refractivity contribution in [1.29, 1.82) is 0 Å². The number of rotatable bonds is 5. The second-order valence-corrected chi connectivity index (χ2v) is 6.34. The van der Waals surface area contributed by atoms with Gasteiger partial charge in [0.25, 0.3) is 0 Å². The Hall–Kier alpha value is -0.280. The van der Waals surface area contributed by atoms with Crippen molar-refractivity contribution in [3.63, 3.8) is 0 Å². The zero-order chi connectivity index (χ0) is 14.5. The number of benzene rings is 1. The van der Waals surface area contributed by atoms with E-state index in [0.717, 1.165) is 31.6 Å². The standard InChI is InChI=1S/C16H24Cl2N2/c1-3-10-20(13-6-5-9-19-11-13)12(2)14-7-4-8-15(17)16(14)18/h4,7-8,12-13,19H,3,5-6,9-11H2,1-2H3. The van der Waals surface area contributed by atoms with E-state index in [1.807, 2.05) is 12.1 Å². The molecule has 0 saturated carbocycles. The fourth-order valence-corrected chi connectivity index (χ4v) is 3.55. The molecule has 2 rings (SSSR count). The van der Waals surface area contributed by atoms with Gasteiger partial charge in [0.15, 0.2) is 0 Å². The summed E-state index contributed by atoms with van der Waals surface area (Å²) in [5.41, 5.74) is 1.14. The van der Waals surface area contributed by atoms with Crippen LogP contribution in [0.1, 0.15) is 44.7 Å². The van der Waals surface area contributed by atoms with Gasteiger partial charge in [0.05, 0.1) is 10.0 Å². The monoisotopic (exact) mass is 314 g/mol. The molecule has 1 aromatic carbocycles. The lowest BCUT2D eigenvalue weighted by Crippen LogP contribution is -2.47. The van der Waals surface area contributed by atoms with Gasteiger partial charge in [0.2, 0.25) is 0 Å². The van der Waals surface area contributed by atoms with Crippen molar-refractivity contribution in [3.05, 3.63) is 33.8 Å². The molecule has 4 heteroatoms. The van der Waals surface area contributed by atoms with Gasteiger partial charge < -0.3 is 5.32 Å². The number of hydrogen-bond donors (Lipinski definition) is 1. The second kappa shape index (κ2) is 7.65. The summed E-state index contributed by atoms with van der Waals surface area (Å²) in [6, 6.07) is 6.83. The Bertz CT molecular complexity index is 430. The highest BCUT2D eigenvalue weighted by atomic mass is 35.5. The third kappa shape index (κ3) is 3.67. The molecule has 1 saturated heterocycles. The Morgan fingerprint density at radius 1 is 1.40 bits per heavy atom. The van der Waals surface area contributed by atoms with E-state index in [4.69, 9.17) is 23.2 Å². The van der Waals surface area contributed by atoms with Crippen molar-refractivity contribution in [2.45, 2.75) is 45.2 Å². The minimum absolute atomic E-state index is 0.297. The fraction of sp³-hybridized carbons (Fsp3) is 0.625. The van der Waals surface area contributed by atoms with E-state index in [9.17, 15) is 0 Å². The van der Waals surface area contributed by atoms with Crippen LogP contribution in [0.4, 0.5) is 0 Å². The predicted molar refractivity (Wildman–Crippen MR) is 87.8 cm³/mol. The van der Waals surface area contributed by atoms with Crippen LogP contribution in [0.5, 0.6) is 0 Å². The van der Waals surface area contributed by atoms with Crippen molar-refractivity contribution in [2.24, 2.45) is 0 Å². The SMILES string of the molecule is CCCN(C1CCCNC1)C(C)c1cccc(Cl)c1Cl. The zero-order valence-corrected chi connectivity index (χ0v) is 13.8. The number of nitrogens with zero attached hydrogens (tertiary/aromatic N) is 1. The molecule has 2 atom stereocenters. The van der Waals surface area contributed by atoms with Crippen molar-refractivity contribution < 1.29 is 0 Å². The fourth-order valence-electron chi connectivity index (χ4n) is 3.09. The number of nitrogens with one attached hydrogen (secondary N) is 1. The summed E-state index contributed by atoms with van der Waals surface area (Å²) < 4.78 is 0. The molecule has 0 amide bonds. The van der Waals surface area contributed by atoms with Crippen molar-refractivity contribution in [1.82, 2.24) is 10.2 Å². The van der Waals surface area contributed by atoms with Crippen LogP contribution in [0.15, 0.2) is 18.2 Å². The van der Waals surface area contributed by atoms with Crippen molar-refractivity contribution in [2.75, 3.05) is 19.6 Å². The molecule has 112 valence electrons. The van der Waals surface area contributed by atoms with Crippen LogP contribution in [-0.2, 0) is 0 Å². The minimum atomic E-state index is 0.297. The van der Waals surface area contributed by atoms with E-state index < -0.39 is 0 Å². The Balaban J connectivity index is 2.21. The maximum Gasteiger partial charge on any atom is 0.0640 e. The maximum absolute atomic E-state index is 6.40. The van der Waals surface area contributed by atoms with Gasteiger partial charge in [-0.25, -0.2) is 0 Å². The number of piperidine rings is 1. The highest BCUT2D eigenvalue weighted by Crippen LogP contribution is 2.34. The Morgan fingerprint density at radius 2 is 2.20 bits per heavy atom. The quantitative estimate of drug-likeness (QED) is 0.859. The first kappa shape index (κ1) is 16.1. The molecule has 1 aliphatic heterocycles. The minimum Gasteiger partial charge on any atom is -0.315 e. The molecular weight excluding hydrogens is 291 g/mol. The van der Waals surface area contributed by atoms with Crippen molar-refractivity contribution >= 4 is 23.2 Å². The van der Waals surface area contributed by atoms with E-state index in [0.29, 0.717) is 22.1 Å². The summed E-state index contributed by atoms with van der Waals surface area (Å²) in [7, 11) is 0. The van der Waals surface area contributed by atoms with Gasteiger partial charge in [-0.1, -0.05) is 42.3 Å². The average Bonchev–Trinajstić information content (AvgIpc) is 2.48. The van der Waals surface area contributed by atoms with E-state index in [-0.39, 0.29) is 0 Å². The summed E-state index contributed by atoms with van der Waals surface area (Å²) >= 11 is 12.6. The zero-order valence-electron chi connectivity index (χ0n) is 12.3. The van der Waals surface area contributed by atoms with Gasteiger partial charge in [-0.15, -0.1) is 0 Å². The van der Waals surface area contributed by atoms with Gasteiger partial charge in [0.1, 0.15) is 0 Å². The van der Waals surface area contributed by atoms with Gasteiger partial charge >= 0.3 is 0 Å². The van der Waals surface area contributed by atoms with Crippen LogP contribution in [0.25, 0.3) is 0 Å². The lowest BCUT2D eigenvalue weighted by Gasteiger charge is -2.39. The van der Waals surface area contributed by atoms with E-state index >= 15 is 0 Å². The highest BCUT2D eigenvalue weighted by molar-refractivity contribution is 6.42. The topological polar surface area (TPSA) is 15.3 Å². The normalized spacial score (nSPS) is 21.1. The van der Waals surface area contributed by atoms with E-state index in [1.165, 1.54) is 12.8 Å². The molecule has 0 aromatic heterocycles. The lowest BCUT2D eigenvalue weighted by atomic mass is 10.00. The molecule has 20 heavy (non-hydrogen) atoms. The molecule has 2 nitrogen and oxygen atoms in total. The van der Waals surface area contributed by atoms with Crippen LogP contribution in [0, 0.1) is 0 Å². The van der Waals surface area contributed by atoms with Crippen LogP contribution >= 0.6 is 23.2 Å². The molecule has 1 heterocycles. The van der Waals surface area contributed by atoms with Gasteiger partial charge in [-0.3, -0.25) is 4.90 Å². The first-order chi connectivity index (χ1) is 9.65. The van der Waals surface area contributed by atoms with Crippen LogP contribution in [-0.4, -0.2) is 30.6 Å². The lowest BCUT2D eigenvalue weighted by molar-refractivity contribution is 0.120. The maximum atomic E-state index is 6.40. The number of hydrogen-bond acceptors (Lipinski definition) is 2. The highest BCUT2D eigenvalue weighted by Gasteiger charge is 2.26. The largest absolute Gasteiger partial charge is 0.315 e. The third-order valence-corrected chi connectivity index (χ3v) is 4.98. The Labute approximate surface area is 132 Å². The molecule has 1 aliphatic rings. The molecular formula is C16H24Cl2N2. The van der Waals surface area contributed by atoms with E-state index in [1.54, 1.807) is 0 Å². The van der Waals surface area contributed by atoms with Gasteiger partial charge in [-0.05, 0) is 50.9 Å². The van der Waals surface area contributed by atoms with E-state index in [2.05, 4.69) is 30.1 Å². The van der Waals surface area contributed by atoms with Crippen molar-refractivity contribution in [3.8, 4) is 0 Å². The average molecular weight is 315 g/mol. The molecule has 1 N–H and O–H groups in total. The summed E-state index contributed by atoms with van der Waals surface area (Å²) in [5.74, 6) is 0. The summed E-state index contributed by atoms with van der Waals surface area (Å²) in [5, 5.41) is 4.85. The molecule has 0 aliphatic carbocycles. The van der Waals surface area contributed by atoms with Gasteiger partial charge in [0, 0.05) is 18.6 Å². The molecule has 0 spiro atoms. The van der Waals surface area contributed by atoms with Crippen LogP contribution in [0.3, 0.4) is 0 Å². The molecule has 2 unspecified atom stereocenters. The van der Waals surface area contributed by atoms with Crippen LogP contribution < -0.4 is 5.32 Å². The predicted octanol–water partition coefficient (Wildman–Crippen LogP) is 4.52. The number of halogens is 2. The molecule has 0 bridgehead atoms. The molecule has 1 aromatic rings. The first-order valence-electron chi connectivity index (χ1n) is 7.55. The second-order valence-electron chi connectivity index (χ2n) is 5.56. The summed E-state index contributed by atoms with van der Waals surface area (Å²) in [6.45, 7) is 7.78. The summed E-state index contributed by atoms with van der Waals surface area (Å²) in [4.78, 5) is 2.57. The first-order valence-corrected chi connectivity index (χ1v) is 8.31.